The fourth-order valence-corrected chi connectivity index (χ4v) is 1.80. The van der Waals surface area contributed by atoms with Crippen molar-refractivity contribution in [1.29, 1.82) is 0 Å². The number of rotatable bonds is 6. The highest BCUT2D eigenvalue weighted by molar-refractivity contribution is 6.30. The topological polar surface area (TPSA) is 47.3 Å². The van der Waals surface area contributed by atoms with Crippen molar-refractivity contribution in [2.24, 2.45) is 0 Å². The summed E-state index contributed by atoms with van der Waals surface area (Å²) in [4.78, 5) is 0. The number of halogens is 1. The fourth-order valence-electron chi connectivity index (χ4n) is 1.64. The minimum atomic E-state index is 0.348. The van der Waals surface area contributed by atoms with Crippen LogP contribution < -0.4 is 10.1 Å². The minimum Gasteiger partial charge on any atom is -0.485 e. The van der Waals surface area contributed by atoms with E-state index in [4.69, 9.17) is 20.9 Å². The lowest BCUT2D eigenvalue weighted by atomic mass is 10.2. The third kappa shape index (κ3) is 3.98. The Hall–Kier alpha value is -1.52. The van der Waals surface area contributed by atoms with Gasteiger partial charge in [-0.1, -0.05) is 29.7 Å². The first kappa shape index (κ1) is 13.9. The van der Waals surface area contributed by atoms with Crippen molar-refractivity contribution in [2.75, 3.05) is 6.54 Å². The summed E-state index contributed by atoms with van der Waals surface area (Å²) in [5.41, 5.74) is 1.92. The van der Waals surface area contributed by atoms with Gasteiger partial charge in [-0.3, -0.25) is 0 Å². The Morgan fingerprint density at radius 1 is 1.37 bits per heavy atom. The second-order valence-corrected chi connectivity index (χ2v) is 4.70. The average molecular weight is 281 g/mol. The Bertz CT molecular complexity index is 540. The van der Waals surface area contributed by atoms with Crippen molar-refractivity contribution in [3.8, 4) is 5.75 Å². The zero-order valence-corrected chi connectivity index (χ0v) is 11.8. The van der Waals surface area contributed by atoms with Gasteiger partial charge in [-0.25, -0.2) is 0 Å². The van der Waals surface area contributed by atoms with Crippen LogP contribution in [0.1, 0.15) is 23.9 Å². The Labute approximate surface area is 117 Å². The van der Waals surface area contributed by atoms with E-state index < -0.39 is 0 Å². The SMILES string of the molecule is CCNCc1cc(COc2cc(Cl)ccc2C)on1. The van der Waals surface area contributed by atoms with Gasteiger partial charge in [-0.05, 0) is 31.2 Å². The molecule has 4 nitrogen and oxygen atoms in total. The predicted octanol–water partition coefficient (Wildman–Crippen LogP) is 3.32. The van der Waals surface area contributed by atoms with Crippen LogP contribution >= 0.6 is 11.6 Å². The van der Waals surface area contributed by atoms with Crippen molar-refractivity contribution >= 4 is 11.6 Å². The van der Waals surface area contributed by atoms with E-state index in [0.717, 1.165) is 23.6 Å². The lowest BCUT2D eigenvalue weighted by molar-refractivity contribution is 0.247. The number of hydrogen-bond donors (Lipinski definition) is 1. The second kappa shape index (κ2) is 6.59. The van der Waals surface area contributed by atoms with Crippen LogP contribution in [0.25, 0.3) is 0 Å². The number of nitrogens with zero attached hydrogens (tertiary/aromatic N) is 1. The standard InChI is InChI=1S/C14H17ClN2O2/c1-3-16-8-12-7-13(19-17-12)9-18-14-6-11(15)5-4-10(14)2/h4-7,16H,3,8-9H2,1-2H3. The van der Waals surface area contributed by atoms with E-state index >= 15 is 0 Å². The monoisotopic (exact) mass is 280 g/mol. The summed E-state index contributed by atoms with van der Waals surface area (Å²) in [6.07, 6.45) is 0. The van der Waals surface area contributed by atoms with Crippen LogP contribution in [0.5, 0.6) is 5.75 Å². The number of aryl methyl sites for hydroxylation is 1. The summed E-state index contributed by atoms with van der Waals surface area (Å²) >= 11 is 5.94. The van der Waals surface area contributed by atoms with Crippen LogP contribution in [-0.4, -0.2) is 11.7 Å². The molecule has 0 spiro atoms. The van der Waals surface area contributed by atoms with Gasteiger partial charge < -0.3 is 14.6 Å². The van der Waals surface area contributed by atoms with Gasteiger partial charge in [0.1, 0.15) is 12.4 Å². The summed E-state index contributed by atoms with van der Waals surface area (Å²) in [5, 5.41) is 7.81. The molecule has 0 aliphatic heterocycles. The normalized spacial score (nSPS) is 10.7. The lowest BCUT2D eigenvalue weighted by Crippen LogP contribution is -2.11. The van der Waals surface area contributed by atoms with Gasteiger partial charge in [0, 0.05) is 17.6 Å². The molecular weight excluding hydrogens is 264 g/mol. The molecular formula is C14H17ClN2O2. The Kier molecular flexibility index (Phi) is 4.82. The molecule has 0 aliphatic carbocycles. The first-order valence-corrected chi connectivity index (χ1v) is 6.61. The van der Waals surface area contributed by atoms with Gasteiger partial charge >= 0.3 is 0 Å². The largest absolute Gasteiger partial charge is 0.485 e. The van der Waals surface area contributed by atoms with Crippen molar-refractivity contribution in [1.82, 2.24) is 10.5 Å². The highest BCUT2D eigenvalue weighted by atomic mass is 35.5. The molecule has 1 heterocycles. The molecule has 19 heavy (non-hydrogen) atoms. The van der Waals surface area contributed by atoms with E-state index in [0.29, 0.717) is 23.9 Å². The van der Waals surface area contributed by atoms with Crippen LogP contribution in [0, 0.1) is 6.92 Å². The highest BCUT2D eigenvalue weighted by Crippen LogP contribution is 2.23. The molecule has 0 unspecified atom stereocenters. The molecule has 0 fully saturated rings. The molecule has 0 amide bonds. The molecule has 2 rings (SSSR count). The van der Waals surface area contributed by atoms with Gasteiger partial charge in [-0.15, -0.1) is 0 Å². The van der Waals surface area contributed by atoms with E-state index in [9.17, 15) is 0 Å². The zero-order chi connectivity index (χ0) is 13.7. The van der Waals surface area contributed by atoms with Crippen molar-refractivity contribution in [2.45, 2.75) is 27.0 Å². The van der Waals surface area contributed by atoms with Gasteiger partial charge in [-0.2, -0.15) is 0 Å². The van der Waals surface area contributed by atoms with Gasteiger partial charge in [0.25, 0.3) is 0 Å². The maximum Gasteiger partial charge on any atom is 0.174 e. The van der Waals surface area contributed by atoms with E-state index in [-0.39, 0.29) is 0 Å². The maximum absolute atomic E-state index is 5.94. The summed E-state index contributed by atoms with van der Waals surface area (Å²) < 4.78 is 10.9. The number of ether oxygens (including phenoxy) is 1. The highest BCUT2D eigenvalue weighted by Gasteiger charge is 2.06. The zero-order valence-electron chi connectivity index (χ0n) is 11.1. The molecule has 1 N–H and O–H groups in total. The summed E-state index contributed by atoms with van der Waals surface area (Å²) in [6.45, 7) is 5.98. The Morgan fingerprint density at radius 3 is 3.00 bits per heavy atom. The summed E-state index contributed by atoms with van der Waals surface area (Å²) in [7, 11) is 0. The van der Waals surface area contributed by atoms with Gasteiger partial charge in [0.15, 0.2) is 5.76 Å². The van der Waals surface area contributed by atoms with Crippen LogP contribution in [0.15, 0.2) is 28.8 Å². The quantitative estimate of drug-likeness (QED) is 0.882. The van der Waals surface area contributed by atoms with E-state index in [2.05, 4.69) is 10.5 Å². The van der Waals surface area contributed by atoms with Gasteiger partial charge in [0.2, 0.25) is 0 Å². The number of hydrogen-bond acceptors (Lipinski definition) is 4. The molecule has 5 heteroatoms. The Morgan fingerprint density at radius 2 is 2.21 bits per heavy atom. The summed E-state index contributed by atoms with van der Waals surface area (Å²) in [5.74, 6) is 1.46. The lowest BCUT2D eigenvalue weighted by Gasteiger charge is -2.07. The van der Waals surface area contributed by atoms with Gasteiger partial charge in [0.05, 0.1) is 5.69 Å². The number of aromatic nitrogens is 1. The van der Waals surface area contributed by atoms with Crippen molar-refractivity contribution in [3.63, 3.8) is 0 Å². The number of nitrogens with one attached hydrogen (secondary N) is 1. The molecule has 102 valence electrons. The van der Waals surface area contributed by atoms with E-state index in [1.54, 1.807) is 6.07 Å². The maximum atomic E-state index is 5.94. The minimum absolute atomic E-state index is 0.348. The molecule has 0 saturated heterocycles. The molecule has 1 aromatic heterocycles. The predicted molar refractivity (Wildman–Crippen MR) is 74.4 cm³/mol. The van der Waals surface area contributed by atoms with Crippen LogP contribution in [0.2, 0.25) is 5.02 Å². The molecule has 1 aromatic carbocycles. The average Bonchev–Trinajstić information content (AvgIpc) is 2.85. The van der Waals surface area contributed by atoms with Crippen LogP contribution in [-0.2, 0) is 13.2 Å². The van der Waals surface area contributed by atoms with Crippen LogP contribution in [0.3, 0.4) is 0 Å². The smallest absolute Gasteiger partial charge is 0.174 e. The third-order valence-corrected chi connectivity index (χ3v) is 2.92. The Balaban J connectivity index is 1.94. The molecule has 0 saturated carbocycles. The summed E-state index contributed by atoms with van der Waals surface area (Å²) in [6, 6.07) is 7.46. The van der Waals surface area contributed by atoms with Crippen molar-refractivity contribution < 1.29 is 9.26 Å². The third-order valence-electron chi connectivity index (χ3n) is 2.68. The molecule has 0 radical (unpaired) electrons. The van der Waals surface area contributed by atoms with Crippen LogP contribution in [0.4, 0.5) is 0 Å². The molecule has 0 bridgehead atoms. The molecule has 0 atom stereocenters. The number of benzene rings is 1. The van der Waals surface area contributed by atoms with E-state index in [1.165, 1.54) is 0 Å². The molecule has 0 aliphatic rings. The van der Waals surface area contributed by atoms with E-state index in [1.807, 2.05) is 32.0 Å². The molecule has 2 aromatic rings. The first-order chi connectivity index (χ1) is 9.19. The second-order valence-electron chi connectivity index (χ2n) is 4.26. The first-order valence-electron chi connectivity index (χ1n) is 6.23. The fraction of sp³-hybridized carbons (Fsp3) is 0.357. The van der Waals surface area contributed by atoms with Crippen molar-refractivity contribution in [3.05, 3.63) is 46.3 Å².